The highest BCUT2D eigenvalue weighted by Crippen LogP contribution is 2.33. The third-order valence-corrected chi connectivity index (χ3v) is 6.06. The number of carbonyl (C=O) groups is 4. The smallest absolute Gasteiger partial charge is 0.341 e. The Hall–Kier alpha value is -2.42. The third-order valence-electron chi connectivity index (χ3n) is 4.86. The minimum Gasteiger partial charge on any atom is -0.462 e. The summed E-state index contributed by atoms with van der Waals surface area (Å²) < 4.78 is 10.1. The molecule has 0 radical (unpaired) electrons. The molecule has 2 N–H and O–H groups in total. The molecule has 1 heterocycles. The van der Waals surface area contributed by atoms with Crippen LogP contribution < -0.4 is 10.6 Å². The van der Waals surface area contributed by atoms with Gasteiger partial charge in [0.2, 0.25) is 0 Å². The largest absolute Gasteiger partial charge is 0.462 e. The van der Waals surface area contributed by atoms with Crippen LogP contribution in [-0.2, 0) is 19.1 Å². The molecule has 0 spiro atoms. The van der Waals surface area contributed by atoms with Crippen LogP contribution in [0.15, 0.2) is 0 Å². The van der Waals surface area contributed by atoms with Gasteiger partial charge in [0.15, 0.2) is 6.61 Å². The molecule has 2 rings (SSSR count). The average Bonchev–Trinajstić information content (AvgIpc) is 3.02. The van der Waals surface area contributed by atoms with Gasteiger partial charge < -0.3 is 20.1 Å². The summed E-state index contributed by atoms with van der Waals surface area (Å²) in [5, 5.41) is 5.28. The second kappa shape index (κ2) is 10.9. The van der Waals surface area contributed by atoms with E-state index in [1.165, 1.54) is 13.5 Å². The highest BCUT2D eigenvalue weighted by atomic mass is 32.1. The highest BCUT2D eigenvalue weighted by molar-refractivity contribution is 7.18. The van der Waals surface area contributed by atoms with Gasteiger partial charge in [0, 0.05) is 13.5 Å². The Balaban J connectivity index is 2.01. The fourth-order valence-corrected chi connectivity index (χ4v) is 4.53. The molecule has 0 unspecified atom stereocenters. The molecular formula is C20H28N2O6S. The monoisotopic (exact) mass is 424 g/mol. The molecule has 0 aromatic carbocycles. The van der Waals surface area contributed by atoms with Gasteiger partial charge in [-0.2, -0.15) is 0 Å². The number of anilines is 1. The summed E-state index contributed by atoms with van der Waals surface area (Å²) in [6, 6.07) is 0. The lowest BCUT2D eigenvalue weighted by Crippen LogP contribution is -2.23. The van der Waals surface area contributed by atoms with E-state index in [0.29, 0.717) is 22.8 Å². The van der Waals surface area contributed by atoms with E-state index in [9.17, 15) is 19.2 Å². The molecule has 29 heavy (non-hydrogen) atoms. The number of rotatable bonds is 8. The van der Waals surface area contributed by atoms with Crippen molar-refractivity contribution < 1.29 is 28.7 Å². The van der Waals surface area contributed by atoms with Crippen molar-refractivity contribution >= 4 is 40.1 Å². The van der Waals surface area contributed by atoms with E-state index in [-0.39, 0.29) is 23.1 Å². The first-order valence-corrected chi connectivity index (χ1v) is 10.7. The predicted molar refractivity (Wildman–Crippen MR) is 109 cm³/mol. The normalized spacial score (nSPS) is 14.2. The average molecular weight is 425 g/mol. The summed E-state index contributed by atoms with van der Waals surface area (Å²) in [5.74, 6) is -1.63. The Morgan fingerprint density at radius 2 is 1.79 bits per heavy atom. The number of hydrogen-bond donors (Lipinski definition) is 2. The van der Waals surface area contributed by atoms with Crippen LogP contribution in [0.25, 0.3) is 0 Å². The molecule has 0 bridgehead atoms. The molecule has 0 aliphatic heterocycles. The Kier molecular flexibility index (Phi) is 8.63. The minimum atomic E-state index is -0.624. The standard InChI is InChI=1S/C20H28N2O6S/c1-4-27-20(26)16-12(2)17(18(25)21-3)29-19(16)22-14(23)11-28-15(24)10-13-8-6-5-7-9-13/h13H,4-11H2,1-3H3,(H,21,25)(H,22,23). The van der Waals surface area contributed by atoms with Gasteiger partial charge in [-0.3, -0.25) is 14.4 Å². The van der Waals surface area contributed by atoms with Gasteiger partial charge in [-0.25, -0.2) is 4.79 Å². The zero-order valence-corrected chi connectivity index (χ0v) is 17.9. The summed E-state index contributed by atoms with van der Waals surface area (Å²) in [4.78, 5) is 48.9. The van der Waals surface area contributed by atoms with E-state index in [2.05, 4.69) is 10.6 Å². The van der Waals surface area contributed by atoms with Crippen LogP contribution in [0, 0.1) is 12.8 Å². The van der Waals surface area contributed by atoms with E-state index >= 15 is 0 Å². The Labute approximate surface area is 174 Å². The van der Waals surface area contributed by atoms with Crippen LogP contribution >= 0.6 is 11.3 Å². The molecule has 1 aromatic heterocycles. The van der Waals surface area contributed by atoms with Gasteiger partial charge in [0.25, 0.3) is 11.8 Å². The van der Waals surface area contributed by atoms with Crippen LogP contribution in [0.4, 0.5) is 5.00 Å². The van der Waals surface area contributed by atoms with Crippen LogP contribution in [0.5, 0.6) is 0 Å². The molecule has 1 aromatic rings. The molecule has 1 aliphatic rings. The number of amides is 2. The fraction of sp³-hybridized carbons (Fsp3) is 0.600. The number of carbonyl (C=O) groups excluding carboxylic acids is 4. The summed E-state index contributed by atoms with van der Waals surface area (Å²) in [7, 11) is 1.48. The second-order valence-electron chi connectivity index (χ2n) is 6.98. The number of thiophene rings is 1. The van der Waals surface area contributed by atoms with Crippen LogP contribution in [0.3, 0.4) is 0 Å². The summed E-state index contributed by atoms with van der Waals surface area (Å²) in [6.45, 7) is 3.01. The van der Waals surface area contributed by atoms with Crippen molar-refractivity contribution in [2.45, 2.75) is 52.4 Å². The fourth-order valence-electron chi connectivity index (χ4n) is 3.38. The lowest BCUT2D eigenvalue weighted by atomic mass is 9.87. The topological polar surface area (TPSA) is 111 Å². The van der Waals surface area contributed by atoms with Crippen molar-refractivity contribution in [1.82, 2.24) is 5.32 Å². The van der Waals surface area contributed by atoms with Crippen LogP contribution in [0.1, 0.15) is 71.0 Å². The van der Waals surface area contributed by atoms with E-state index in [1.807, 2.05) is 0 Å². The van der Waals surface area contributed by atoms with Crippen molar-refractivity contribution in [2.24, 2.45) is 5.92 Å². The SMILES string of the molecule is CCOC(=O)c1c(NC(=O)COC(=O)CC2CCCCC2)sc(C(=O)NC)c1C. The molecule has 160 valence electrons. The van der Waals surface area contributed by atoms with E-state index in [1.54, 1.807) is 13.8 Å². The van der Waals surface area contributed by atoms with Gasteiger partial charge in [-0.05, 0) is 38.2 Å². The highest BCUT2D eigenvalue weighted by Gasteiger charge is 2.26. The molecule has 9 heteroatoms. The Morgan fingerprint density at radius 1 is 1.10 bits per heavy atom. The minimum absolute atomic E-state index is 0.136. The zero-order valence-electron chi connectivity index (χ0n) is 17.1. The third kappa shape index (κ3) is 6.28. The predicted octanol–water partition coefficient (Wildman–Crippen LogP) is 3.04. The van der Waals surface area contributed by atoms with Gasteiger partial charge in [0.05, 0.1) is 17.0 Å². The molecule has 1 fully saturated rings. The maximum atomic E-state index is 12.3. The Morgan fingerprint density at radius 3 is 2.41 bits per heavy atom. The van der Waals surface area contributed by atoms with Gasteiger partial charge >= 0.3 is 11.9 Å². The van der Waals surface area contributed by atoms with Crippen molar-refractivity contribution in [3.63, 3.8) is 0 Å². The Bertz CT molecular complexity index is 767. The van der Waals surface area contributed by atoms with Crippen LogP contribution in [0.2, 0.25) is 0 Å². The first kappa shape index (κ1) is 22.9. The molecule has 8 nitrogen and oxygen atoms in total. The molecule has 0 saturated heterocycles. The van der Waals surface area contributed by atoms with Crippen LogP contribution in [-0.4, -0.2) is 44.0 Å². The molecule has 1 aliphatic carbocycles. The summed E-state index contributed by atoms with van der Waals surface area (Å²) >= 11 is 0.979. The van der Waals surface area contributed by atoms with Gasteiger partial charge in [-0.15, -0.1) is 11.3 Å². The lowest BCUT2D eigenvalue weighted by molar-refractivity contribution is -0.148. The number of nitrogens with one attached hydrogen (secondary N) is 2. The second-order valence-corrected chi connectivity index (χ2v) is 8.00. The van der Waals surface area contributed by atoms with Gasteiger partial charge in [0.1, 0.15) is 5.00 Å². The molecule has 2 amide bonds. The zero-order chi connectivity index (χ0) is 21.4. The summed E-state index contributed by atoms with van der Waals surface area (Å²) in [5.41, 5.74) is 0.565. The molecule has 0 atom stereocenters. The lowest BCUT2D eigenvalue weighted by Gasteiger charge is -2.20. The maximum Gasteiger partial charge on any atom is 0.341 e. The molecule has 1 saturated carbocycles. The van der Waals surface area contributed by atoms with Crippen molar-refractivity contribution in [2.75, 3.05) is 25.6 Å². The first-order chi connectivity index (χ1) is 13.9. The molecular weight excluding hydrogens is 396 g/mol. The van der Waals surface area contributed by atoms with E-state index < -0.39 is 24.5 Å². The quantitative estimate of drug-likeness (QED) is 0.621. The number of ether oxygens (including phenoxy) is 2. The van der Waals surface area contributed by atoms with Crippen molar-refractivity contribution in [3.05, 3.63) is 16.0 Å². The van der Waals surface area contributed by atoms with Gasteiger partial charge in [-0.1, -0.05) is 19.3 Å². The van der Waals surface area contributed by atoms with Crippen molar-refractivity contribution in [1.29, 1.82) is 0 Å². The maximum absolute atomic E-state index is 12.3. The van der Waals surface area contributed by atoms with E-state index in [0.717, 1.165) is 37.0 Å². The van der Waals surface area contributed by atoms with E-state index in [4.69, 9.17) is 9.47 Å². The first-order valence-electron chi connectivity index (χ1n) is 9.85. The van der Waals surface area contributed by atoms with Crippen molar-refractivity contribution in [3.8, 4) is 0 Å². The number of hydrogen-bond acceptors (Lipinski definition) is 7. The number of esters is 2. The summed E-state index contributed by atoms with van der Waals surface area (Å²) in [6.07, 6.45) is 5.80.